The Hall–Kier alpha value is -3.21. The van der Waals surface area contributed by atoms with Crippen LogP contribution in [0.4, 0.5) is 0 Å². The summed E-state index contributed by atoms with van der Waals surface area (Å²) < 4.78 is 11.8. The van der Waals surface area contributed by atoms with E-state index in [0.717, 1.165) is 18.4 Å². The number of fused-ring (bicyclic) bond motifs is 1. The maximum absolute atomic E-state index is 12.6. The lowest BCUT2D eigenvalue weighted by Crippen LogP contribution is -2.20. The molecule has 0 fully saturated rings. The summed E-state index contributed by atoms with van der Waals surface area (Å²) in [4.78, 5) is 12.6. The van der Waals surface area contributed by atoms with Crippen molar-refractivity contribution in [2.45, 2.75) is 46.1 Å². The molecule has 5 heteroatoms. The predicted octanol–water partition coefficient (Wildman–Crippen LogP) is 5.88. The molecule has 1 atom stereocenters. The van der Waals surface area contributed by atoms with E-state index in [9.17, 15) is 15.0 Å². The van der Waals surface area contributed by atoms with Crippen molar-refractivity contribution in [1.82, 2.24) is 0 Å². The van der Waals surface area contributed by atoms with Gasteiger partial charge in [-0.1, -0.05) is 29.4 Å². The molecule has 0 amide bonds. The van der Waals surface area contributed by atoms with E-state index in [4.69, 9.17) is 9.47 Å². The molecule has 0 bridgehead atoms. The molecule has 30 heavy (non-hydrogen) atoms. The highest BCUT2D eigenvalue weighted by atomic mass is 16.5. The fourth-order valence-electron chi connectivity index (χ4n) is 3.34. The van der Waals surface area contributed by atoms with Crippen molar-refractivity contribution in [3.63, 3.8) is 0 Å². The Labute approximate surface area is 177 Å². The minimum atomic E-state index is -0.475. The van der Waals surface area contributed by atoms with E-state index >= 15 is 0 Å². The van der Waals surface area contributed by atoms with Crippen molar-refractivity contribution in [2.24, 2.45) is 0 Å². The number of phenols is 2. The topological polar surface area (TPSA) is 76.0 Å². The quantitative estimate of drug-likeness (QED) is 0.560. The van der Waals surface area contributed by atoms with Crippen LogP contribution in [0, 0.1) is 0 Å². The van der Waals surface area contributed by atoms with Crippen LogP contribution < -0.4 is 9.47 Å². The average molecular weight is 408 g/mol. The number of allylic oxidation sites excluding steroid dienone is 3. The molecule has 5 nitrogen and oxygen atoms in total. The number of hydrogen-bond acceptors (Lipinski definition) is 5. The summed E-state index contributed by atoms with van der Waals surface area (Å²) in [5, 5.41) is 19.8. The van der Waals surface area contributed by atoms with Gasteiger partial charge in [-0.25, -0.2) is 0 Å². The van der Waals surface area contributed by atoms with Crippen molar-refractivity contribution in [3.05, 3.63) is 70.8 Å². The number of carbonyl (C=O) groups is 1. The van der Waals surface area contributed by atoms with Crippen LogP contribution in [0.15, 0.2) is 59.7 Å². The van der Waals surface area contributed by atoms with Gasteiger partial charge < -0.3 is 19.7 Å². The third-order valence-corrected chi connectivity index (χ3v) is 5.01. The van der Waals surface area contributed by atoms with Crippen LogP contribution in [0.3, 0.4) is 0 Å². The number of Topliss-reactive ketones (excluding diaryl/α,β-unsaturated/α-hetero) is 1. The third kappa shape index (κ3) is 5.44. The fourth-order valence-corrected chi connectivity index (χ4v) is 3.34. The number of hydrogen-bond donors (Lipinski definition) is 2. The lowest BCUT2D eigenvalue weighted by atomic mass is 9.95. The third-order valence-electron chi connectivity index (χ3n) is 5.01. The number of ether oxygens (including phenoxy) is 2. The molecule has 2 aromatic carbocycles. The van der Waals surface area contributed by atoms with Crippen molar-refractivity contribution < 1.29 is 24.5 Å². The minimum Gasteiger partial charge on any atom is -0.508 e. The Bertz CT molecular complexity index is 966. The van der Waals surface area contributed by atoms with Gasteiger partial charge in [0.1, 0.15) is 41.3 Å². The number of ketones is 1. The standard InChI is InChI=1S/C25H28O5/c1-16(2)5-4-6-17(3)11-12-29-20-13-21(27)25-22(28)15-23(30-24(25)14-20)18-7-9-19(26)10-8-18/h5,7-11,13-14,23,26-27H,4,6,12,15H2,1-3H3/b17-11+. The summed E-state index contributed by atoms with van der Waals surface area (Å²) in [6, 6.07) is 9.66. The lowest BCUT2D eigenvalue weighted by Gasteiger charge is -2.26. The summed E-state index contributed by atoms with van der Waals surface area (Å²) in [5.41, 5.74) is 3.51. The van der Waals surface area contributed by atoms with E-state index < -0.39 is 6.10 Å². The van der Waals surface area contributed by atoms with Gasteiger partial charge in [-0.05, 0) is 57.4 Å². The van der Waals surface area contributed by atoms with Crippen molar-refractivity contribution in [1.29, 1.82) is 0 Å². The van der Waals surface area contributed by atoms with E-state index in [1.165, 1.54) is 17.2 Å². The first-order chi connectivity index (χ1) is 14.3. The van der Waals surface area contributed by atoms with E-state index in [-0.39, 0.29) is 29.3 Å². The largest absolute Gasteiger partial charge is 0.508 e. The van der Waals surface area contributed by atoms with Crippen LogP contribution in [-0.4, -0.2) is 22.6 Å². The average Bonchev–Trinajstić information content (AvgIpc) is 2.67. The van der Waals surface area contributed by atoms with Gasteiger partial charge in [0.05, 0.1) is 6.42 Å². The Morgan fingerprint density at radius 2 is 1.87 bits per heavy atom. The van der Waals surface area contributed by atoms with Crippen molar-refractivity contribution >= 4 is 5.78 Å². The van der Waals surface area contributed by atoms with Gasteiger partial charge in [0.2, 0.25) is 0 Å². The van der Waals surface area contributed by atoms with E-state index in [2.05, 4.69) is 26.8 Å². The molecule has 0 saturated heterocycles. The van der Waals surface area contributed by atoms with Crippen LogP contribution in [0.1, 0.15) is 62.1 Å². The first-order valence-corrected chi connectivity index (χ1v) is 10.1. The zero-order valence-corrected chi connectivity index (χ0v) is 17.6. The molecular weight excluding hydrogens is 380 g/mol. The molecule has 0 aromatic heterocycles. The SMILES string of the molecule is CC(C)=CCC/C(C)=C/COc1cc(O)c2c(c1)OC(c1ccc(O)cc1)CC2=O. The van der Waals surface area contributed by atoms with E-state index in [1.54, 1.807) is 30.3 Å². The molecule has 1 heterocycles. The highest BCUT2D eigenvalue weighted by Gasteiger charge is 2.31. The summed E-state index contributed by atoms with van der Waals surface area (Å²) in [6.07, 6.45) is 5.84. The Morgan fingerprint density at radius 3 is 2.57 bits per heavy atom. The summed E-state index contributed by atoms with van der Waals surface area (Å²) in [5.74, 6) is 0.579. The maximum Gasteiger partial charge on any atom is 0.174 e. The zero-order valence-electron chi connectivity index (χ0n) is 17.6. The minimum absolute atomic E-state index is 0.124. The van der Waals surface area contributed by atoms with Crippen molar-refractivity contribution in [3.8, 4) is 23.0 Å². The highest BCUT2D eigenvalue weighted by molar-refractivity contribution is 6.02. The second-order valence-electron chi connectivity index (χ2n) is 7.82. The van der Waals surface area contributed by atoms with Gasteiger partial charge in [0.15, 0.2) is 5.78 Å². The van der Waals surface area contributed by atoms with Gasteiger partial charge in [-0.3, -0.25) is 4.79 Å². The smallest absolute Gasteiger partial charge is 0.174 e. The molecule has 1 aliphatic rings. The Kier molecular flexibility index (Phi) is 6.83. The van der Waals surface area contributed by atoms with Crippen LogP contribution in [0.25, 0.3) is 0 Å². The van der Waals surface area contributed by atoms with E-state index in [0.29, 0.717) is 18.1 Å². The molecular formula is C25H28O5. The van der Waals surface area contributed by atoms with E-state index in [1.807, 2.05) is 6.08 Å². The second kappa shape index (κ2) is 9.53. The van der Waals surface area contributed by atoms with Gasteiger partial charge in [-0.15, -0.1) is 0 Å². The maximum atomic E-state index is 12.6. The molecule has 0 spiro atoms. The van der Waals surface area contributed by atoms with Crippen LogP contribution in [0.5, 0.6) is 23.0 Å². The molecule has 2 aromatic rings. The number of carbonyl (C=O) groups excluding carboxylic acids is 1. The summed E-state index contributed by atoms with van der Waals surface area (Å²) >= 11 is 0. The van der Waals surface area contributed by atoms with Gasteiger partial charge >= 0.3 is 0 Å². The number of aromatic hydroxyl groups is 2. The Morgan fingerprint density at radius 1 is 1.13 bits per heavy atom. The molecule has 158 valence electrons. The lowest BCUT2D eigenvalue weighted by molar-refractivity contribution is 0.0844. The second-order valence-corrected chi connectivity index (χ2v) is 7.82. The number of rotatable bonds is 7. The first kappa shape index (κ1) is 21.5. The predicted molar refractivity (Wildman–Crippen MR) is 116 cm³/mol. The van der Waals surface area contributed by atoms with Crippen LogP contribution in [0.2, 0.25) is 0 Å². The molecule has 1 aliphatic heterocycles. The highest BCUT2D eigenvalue weighted by Crippen LogP contribution is 2.42. The number of phenolic OH excluding ortho intramolecular Hbond substituents is 2. The normalized spacial score (nSPS) is 15.9. The van der Waals surface area contributed by atoms with Gasteiger partial charge in [0, 0.05) is 12.1 Å². The monoisotopic (exact) mass is 408 g/mol. The van der Waals surface area contributed by atoms with Gasteiger partial charge in [-0.2, -0.15) is 0 Å². The first-order valence-electron chi connectivity index (χ1n) is 10.1. The summed E-state index contributed by atoms with van der Waals surface area (Å²) in [6.45, 7) is 6.61. The molecule has 2 N–H and O–H groups in total. The molecule has 1 unspecified atom stereocenters. The molecule has 3 rings (SSSR count). The summed E-state index contributed by atoms with van der Waals surface area (Å²) in [7, 11) is 0. The number of benzene rings is 2. The fraction of sp³-hybridized carbons (Fsp3) is 0.320. The molecule has 0 radical (unpaired) electrons. The zero-order chi connectivity index (χ0) is 21.7. The van der Waals surface area contributed by atoms with Crippen LogP contribution >= 0.6 is 0 Å². The molecule has 0 aliphatic carbocycles. The Balaban J connectivity index is 1.70. The van der Waals surface area contributed by atoms with Crippen molar-refractivity contribution in [2.75, 3.05) is 6.61 Å². The van der Waals surface area contributed by atoms with Crippen LogP contribution in [-0.2, 0) is 0 Å². The van der Waals surface area contributed by atoms with Gasteiger partial charge in [0.25, 0.3) is 0 Å². The molecule has 0 saturated carbocycles.